The fraction of sp³-hybridized carbons (Fsp3) is 0.176. The number of aromatic nitrogens is 4. The lowest BCUT2D eigenvalue weighted by atomic mass is 10.0. The third-order valence-electron chi connectivity index (χ3n) is 3.61. The number of amides is 1. The Morgan fingerprint density at radius 2 is 1.62 bits per heavy atom. The number of carbonyl (C=O) groups excluding carboxylic acids is 1. The van der Waals surface area contributed by atoms with Crippen LogP contribution in [-0.4, -0.2) is 50.3 Å². The van der Waals surface area contributed by atoms with Gasteiger partial charge in [0.05, 0.1) is 0 Å². The molecular formula is C17H17N5O2. The van der Waals surface area contributed by atoms with Crippen LogP contribution in [0.5, 0.6) is 5.75 Å². The van der Waals surface area contributed by atoms with E-state index in [0.29, 0.717) is 12.2 Å². The van der Waals surface area contributed by atoms with Crippen molar-refractivity contribution in [3.63, 3.8) is 0 Å². The maximum Gasteiger partial charge on any atom is 0.347 e. The summed E-state index contributed by atoms with van der Waals surface area (Å²) in [6.45, 7) is 0. The minimum Gasteiger partial charge on any atom is -0.508 e. The number of aromatic hydroxyl groups is 1. The first-order valence-corrected chi connectivity index (χ1v) is 7.42. The molecule has 24 heavy (non-hydrogen) atoms. The Bertz CT molecular complexity index is 838. The zero-order valence-electron chi connectivity index (χ0n) is 13.4. The van der Waals surface area contributed by atoms with Crippen LogP contribution in [0.3, 0.4) is 0 Å². The highest BCUT2D eigenvalue weighted by molar-refractivity contribution is 5.75. The molecule has 122 valence electrons. The number of hydrogen-bond acceptors (Lipinski definition) is 5. The quantitative estimate of drug-likeness (QED) is 0.747. The van der Waals surface area contributed by atoms with Gasteiger partial charge in [0.25, 0.3) is 0 Å². The van der Waals surface area contributed by atoms with Crippen molar-refractivity contribution in [1.29, 1.82) is 0 Å². The van der Waals surface area contributed by atoms with Crippen LogP contribution in [0.1, 0.15) is 11.4 Å². The van der Waals surface area contributed by atoms with Crippen molar-refractivity contribution in [2.24, 2.45) is 0 Å². The second-order valence-corrected chi connectivity index (χ2v) is 5.60. The molecule has 7 nitrogen and oxygen atoms in total. The maximum absolute atomic E-state index is 12.0. The normalized spacial score (nSPS) is 10.6. The number of rotatable bonds is 3. The molecule has 0 aliphatic heterocycles. The van der Waals surface area contributed by atoms with E-state index in [1.54, 1.807) is 26.2 Å². The molecule has 7 heteroatoms. The number of hydrogen-bond donors (Lipinski definition) is 1. The first-order chi connectivity index (χ1) is 11.5. The van der Waals surface area contributed by atoms with E-state index in [1.165, 1.54) is 9.58 Å². The molecule has 0 saturated heterocycles. The lowest BCUT2D eigenvalue weighted by molar-refractivity contribution is 0.214. The number of nitrogens with zero attached hydrogens (tertiary/aromatic N) is 5. The molecule has 1 heterocycles. The van der Waals surface area contributed by atoms with E-state index in [0.717, 1.165) is 16.7 Å². The first kappa shape index (κ1) is 15.7. The summed E-state index contributed by atoms with van der Waals surface area (Å²) in [5, 5.41) is 20.6. The van der Waals surface area contributed by atoms with Crippen molar-refractivity contribution in [3.05, 3.63) is 59.9 Å². The molecule has 0 radical (unpaired) electrons. The van der Waals surface area contributed by atoms with Gasteiger partial charge in [-0.1, -0.05) is 36.4 Å². The Morgan fingerprint density at radius 1 is 1.04 bits per heavy atom. The first-order valence-electron chi connectivity index (χ1n) is 7.42. The van der Waals surface area contributed by atoms with Crippen LogP contribution in [0.15, 0.2) is 48.5 Å². The predicted molar refractivity (Wildman–Crippen MR) is 88.6 cm³/mol. The molecule has 0 spiro atoms. The molecule has 0 aliphatic carbocycles. The minimum absolute atomic E-state index is 0.243. The molecule has 0 unspecified atom stereocenters. The standard InChI is InChI=1S/C17H17N5O2/c1-21(2)17(24)22-16(18-19-20-22)11-12-3-5-13(6-4-12)14-7-9-15(23)10-8-14/h3-10,23H,11H2,1-2H3. The molecule has 1 N–H and O–H groups in total. The van der Waals surface area contributed by atoms with E-state index in [1.807, 2.05) is 36.4 Å². The number of phenols is 1. The van der Waals surface area contributed by atoms with Crippen molar-refractivity contribution in [2.75, 3.05) is 14.1 Å². The van der Waals surface area contributed by atoms with Gasteiger partial charge in [-0.25, -0.2) is 4.79 Å². The molecule has 2 aromatic carbocycles. The molecular weight excluding hydrogens is 306 g/mol. The molecule has 0 aliphatic rings. The van der Waals surface area contributed by atoms with E-state index < -0.39 is 0 Å². The summed E-state index contributed by atoms with van der Waals surface area (Å²) in [5.41, 5.74) is 3.06. The van der Waals surface area contributed by atoms with Gasteiger partial charge in [-0.2, -0.15) is 0 Å². The zero-order valence-corrected chi connectivity index (χ0v) is 13.4. The Kier molecular flexibility index (Phi) is 4.24. The van der Waals surface area contributed by atoms with Gasteiger partial charge in [-0.15, -0.1) is 9.78 Å². The highest BCUT2D eigenvalue weighted by Crippen LogP contribution is 2.22. The predicted octanol–water partition coefficient (Wildman–Crippen LogP) is 2.17. The summed E-state index contributed by atoms with van der Waals surface area (Å²) >= 11 is 0. The van der Waals surface area contributed by atoms with Gasteiger partial charge >= 0.3 is 6.03 Å². The molecule has 0 atom stereocenters. The summed E-state index contributed by atoms with van der Waals surface area (Å²) < 4.78 is 1.20. The van der Waals surface area contributed by atoms with Gasteiger partial charge < -0.3 is 10.0 Å². The monoisotopic (exact) mass is 323 g/mol. The second kappa shape index (κ2) is 6.49. The van der Waals surface area contributed by atoms with E-state index in [9.17, 15) is 9.90 Å². The topological polar surface area (TPSA) is 84.1 Å². The van der Waals surface area contributed by atoms with Crippen LogP contribution < -0.4 is 0 Å². The van der Waals surface area contributed by atoms with Crippen LogP contribution in [0.4, 0.5) is 4.79 Å². The van der Waals surface area contributed by atoms with E-state index >= 15 is 0 Å². The lowest BCUT2D eigenvalue weighted by Crippen LogP contribution is -2.29. The summed E-state index contributed by atoms with van der Waals surface area (Å²) in [4.78, 5) is 13.4. The van der Waals surface area contributed by atoms with Gasteiger partial charge in [-0.3, -0.25) is 0 Å². The van der Waals surface area contributed by atoms with Crippen LogP contribution >= 0.6 is 0 Å². The van der Waals surface area contributed by atoms with Gasteiger partial charge in [-0.05, 0) is 39.2 Å². The van der Waals surface area contributed by atoms with Crippen LogP contribution in [0.25, 0.3) is 11.1 Å². The van der Waals surface area contributed by atoms with Crippen LogP contribution in [-0.2, 0) is 6.42 Å². The summed E-state index contributed by atoms with van der Waals surface area (Å²) in [7, 11) is 3.31. The molecule has 0 saturated carbocycles. The van der Waals surface area contributed by atoms with Crippen LogP contribution in [0.2, 0.25) is 0 Å². The number of carbonyl (C=O) groups is 1. The van der Waals surface area contributed by atoms with Crippen molar-refractivity contribution < 1.29 is 9.90 Å². The van der Waals surface area contributed by atoms with Gasteiger partial charge in [0.2, 0.25) is 0 Å². The Hall–Kier alpha value is -3.22. The average Bonchev–Trinajstić information content (AvgIpc) is 3.03. The van der Waals surface area contributed by atoms with E-state index in [2.05, 4.69) is 15.5 Å². The molecule has 3 aromatic rings. The minimum atomic E-state index is -0.282. The van der Waals surface area contributed by atoms with Crippen molar-refractivity contribution in [3.8, 4) is 16.9 Å². The third-order valence-corrected chi connectivity index (χ3v) is 3.61. The van der Waals surface area contributed by atoms with Crippen molar-refractivity contribution >= 4 is 6.03 Å². The SMILES string of the molecule is CN(C)C(=O)n1nnnc1Cc1ccc(-c2ccc(O)cc2)cc1. The van der Waals surface area contributed by atoms with E-state index in [4.69, 9.17) is 0 Å². The fourth-order valence-electron chi connectivity index (χ4n) is 2.31. The Balaban J connectivity index is 1.79. The molecule has 1 amide bonds. The second-order valence-electron chi connectivity index (χ2n) is 5.60. The van der Waals surface area contributed by atoms with Gasteiger partial charge in [0.1, 0.15) is 5.75 Å². The van der Waals surface area contributed by atoms with Crippen molar-refractivity contribution in [1.82, 2.24) is 25.1 Å². The third kappa shape index (κ3) is 3.24. The summed E-state index contributed by atoms with van der Waals surface area (Å²) in [5.74, 6) is 0.735. The summed E-state index contributed by atoms with van der Waals surface area (Å²) in [6.07, 6.45) is 0.461. The highest BCUT2D eigenvalue weighted by Gasteiger charge is 2.15. The Morgan fingerprint density at radius 3 is 2.21 bits per heavy atom. The number of phenolic OH excluding ortho intramolecular Hbond substituents is 1. The highest BCUT2D eigenvalue weighted by atomic mass is 16.3. The van der Waals surface area contributed by atoms with Gasteiger partial charge in [0.15, 0.2) is 5.82 Å². The zero-order chi connectivity index (χ0) is 17.1. The average molecular weight is 323 g/mol. The Labute approximate surface area is 139 Å². The van der Waals surface area contributed by atoms with Crippen LogP contribution in [0, 0.1) is 0 Å². The molecule has 0 bridgehead atoms. The summed E-state index contributed by atoms with van der Waals surface area (Å²) in [6, 6.07) is 14.7. The largest absolute Gasteiger partial charge is 0.508 e. The molecule has 3 rings (SSSR count). The maximum atomic E-state index is 12.0. The fourth-order valence-corrected chi connectivity index (χ4v) is 2.31. The van der Waals surface area contributed by atoms with Gasteiger partial charge in [0, 0.05) is 20.5 Å². The van der Waals surface area contributed by atoms with E-state index in [-0.39, 0.29) is 11.8 Å². The molecule has 1 aromatic heterocycles. The van der Waals surface area contributed by atoms with Crippen molar-refractivity contribution in [2.45, 2.75) is 6.42 Å². The number of tetrazole rings is 1. The number of benzene rings is 2. The molecule has 0 fully saturated rings. The lowest BCUT2D eigenvalue weighted by Gasteiger charge is -2.10. The smallest absolute Gasteiger partial charge is 0.347 e.